The topological polar surface area (TPSA) is 32.8 Å². The molecule has 2 heterocycles. The van der Waals surface area contributed by atoms with Crippen molar-refractivity contribution in [2.24, 2.45) is 0 Å². The molecule has 2 saturated heterocycles. The van der Waals surface area contributed by atoms with Gasteiger partial charge in [-0.15, -0.1) is 0 Å². The summed E-state index contributed by atoms with van der Waals surface area (Å²) in [4.78, 5) is 16.2. The smallest absolute Gasteiger partial charge is 0.219 e. The summed E-state index contributed by atoms with van der Waals surface area (Å²) in [5.41, 5.74) is 1.12. The van der Waals surface area contributed by atoms with Gasteiger partial charge in [0.1, 0.15) is 5.82 Å². The fourth-order valence-corrected chi connectivity index (χ4v) is 4.63. The van der Waals surface area contributed by atoms with Crippen LogP contribution in [-0.4, -0.2) is 53.1 Å². The van der Waals surface area contributed by atoms with Crippen LogP contribution in [0.3, 0.4) is 0 Å². The molecule has 1 amide bonds. The van der Waals surface area contributed by atoms with Gasteiger partial charge >= 0.3 is 0 Å². The summed E-state index contributed by atoms with van der Waals surface area (Å²) in [7, 11) is 0. The third-order valence-corrected chi connectivity index (χ3v) is 6.35. The predicted octanol–water partition coefficient (Wildman–Crippen LogP) is 3.35. The number of amides is 1. The van der Waals surface area contributed by atoms with Gasteiger partial charge in [-0.05, 0) is 56.2 Å². The lowest BCUT2D eigenvalue weighted by Crippen LogP contribution is -2.54. The second-order valence-electron chi connectivity index (χ2n) is 8.21. The Morgan fingerprint density at radius 2 is 1.88 bits per heavy atom. The maximum atomic E-state index is 13.2. The molecular weight excluding hydrogens is 331 g/mol. The number of carbonyl (C=O) groups excluding carboxylic acids is 1. The summed E-state index contributed by atoms with van der Waals surface area (Å²) >= 11 is 0. The molecule has 1 spiro atoms. The molecule has 1 unspecified atom stereocenters. The molecule has 1 saturated carbocycles. The lowest BCUT2D eigenvalue weighted by Gasteiger charge is -2.48. The first-order chi connectivity index (χ1) is 12.5. The Bertz CT molecular complexity index is 636. The van der Waals surface area contributed by atoms with Crippen LogP contribution in [0.2, 0.25) is 0 Å². The summed E-state index contributed by atoms with van der Waals surface area (Å²) in [6, 6.07) is 8.12. The van der Waals surface area contributed by atoms with E-state index in [0.29, 0.717) is 12.1 Å². The Kier molecular flexibility index (Phi) is 5.02. The largest absolute Gasteiger partial charge is 0.375 e. The van der Waals surface area contributed by atoms with E-state index in [-0.39, 0.29) is 17.3 Å². The molecule has 0 aromatic heterocycles. The van der Waals surface area contributed by atoms with Crippen molar-refractivity contribution in [3.63, 3.8) is 0 Å². The van der Waals surface area contributed by atoms with E-state index in [1.807, 2.05) is 17.0 Å². The Labute approximate surface area is 155 Å². The number of carbonyl (C=O) groups is 1. The van der Waals surface area contributed by atoms with Crippen LogP contribution >= 0.6 is 0 Å². The van der Waals surface area contributed by atoms with Crippen LogP contribution in [0.1, 0.15) is 51.0 Å². The van der Waals surface area contributed by atoms with Gasteiger partial charge in [0.15, 0.2) is 0 Å². The number of piperidine rings is 1. The molecule has 4 nitrogen and oxygen atoms in total. The molecule has 2 aliphatic heterocycles. The highest BCUT2D eigenvalue weighted by Gasteiger charge is 2.44. The minimum Gasteiger partial charge on any atom is -0.375 e. The number of nitrogens with zero attached hydrogens (tertiary/aromatic N) is 2. The van der Waals surface area contributed by atoms with Gasteiger partial charge in [-0.3, -0.25) is 9.69 Å². The minimum atomic E-state index is -0.172. The Balaban J connectivity index is 1.43. The lowest BCUT2D eigenvalue weighted by atomic mass is 9.81. The molecule has 3 fully saturated rings. The third kappa shape index (κ3) is 3.94. The molecule has 142 valence electrons. The highest BCUT2D eigenvalue weighted by molar-refractivity contribution is 5.73. The Hall–Kier alpha value is -1.46. The van der Waals surface area contributed by atoms with Crippen LogP contribution in [-0.2, 0) is 16.1 Å². The summed E-state index contributed by atoms with van der Waals surface area (Å²) in [5, 5.41) is 0. The van der Waals surface area contributed by atoms with E-state index < -0.39 is 0 Å². The fourth-order valence-electron chi connectivity index (χ4n) is 4.63. The fraction of sp³-hybridized carbons (Fsp3) is 0.667. The van der Waals surface area contributed by atoms with Crippen LogP contribution in [0.5, 0.6) is 0 Å². The Morgan fingerprint density at radius 1 is 1.19 bits per heavy atom. The second kappa shape index (κ2) is 7.28. The Morgan fingerprint density at radius 3 is 2.50 bits per heavy atom. The normalized spacial score (nSPS) is 25.7. The summed E-state index contributed by atoms with van der Waals surface area (Å²) < 4.78 is 19.5. The maximum absolute atomic E-state index is 13.2. The van der Waals surface area contributed by atoms with Crippen molar-refractivity contribution < 1.29 is 13.9 Å². The molecule has 1 aromatic carbocycles. The molecule has 0 radical (unpaired) electrons. The molecule has 1 aliphatic carbocycles. The van der Waals surface area contributed by atoms with E-state index in [9.17, 15) is 9.18 Å². The first-order valence-corrected chi connectivity index (χ1v) is 9.94. The number of halogens is 1. The monoisotopic (exact) mass is 360 g/mol. The van der Waals surface area contributed by atoms with Crippen molar-refractivity contribution in [1.82, 2.24) is 9.80 Å². The van der Waals surface area contributed by atoms with Gasteiger partial charge in [-0.25, -0.2) is 4.39 Å². The van der Waals surface area contributed by atoms with Crippen molar-refractivity contribution in [1.29, 1.82) is 0 Å². The van der Waals surface area contributed by atoms with E-state index in [1.54, 1.807) is 19.1 Å². The van der Waals surface area contributed by atoms with E-state index in [1.165, 1.54) is 18.4 Å². The average Bonchev–Trinajstić information content (AvgIpc) is 3.47. The van der Waals surface area contributed by atoms with Crippen LogP contribution in [0.15, 0.2) is 24.3 Å². The van der Waals surface area contributed by atoms with Gasteiger partial charge in [0, 0.05) is 45.2 Å². The van der Waals surface area contributed by atoms with Gasteiger partial charge in [0.2, 0.25) is 5.91 Å². The van der Waals surface area contributed by atoms with E-state index in [0.717, 1.165) is 51.9 Å². The molecule has 5 heteroatoms. The van der Waals surface area contributed by atoms with Crippen molar-refractivity contribution in [3.05, 3.63) is 35.6 Å². The maximum Gasteiger partial charge on any atom is 0.219 e. The van der Waals surface area contributed by atoms with E-state index in [4.69, 9.17) is 4.74 Å². The zero-order chi connectivity index (χ0) is 18.1. The molecular formula is C21H29FN2O2. The predicted molar refractivity (Wildman–Crippen MR) is 98.2 cm³/mol. The summed E-state index contributed by atoms with van der Waals surface area (Å²) in [6.07, 6.45) is 6.54. The van der Waals surface area contributed by atoms with Crippen LogP contribution < -0.4 is 0 Å². The van der Waals surface area contributed by atoms with Gasteiger partial charge in [0.25, 0.3) is 0 Å². The molecule has 0 bridgehead atoms. The average molecular weight is 360 g/mol. The lowest BCUT2D eigenvalue weighted by molar-refractivity contribution is -0.148. The molecule has 0 N–H and O–H groups in total. The SMILES string of the molecule is CC(=O)N1CCC2(CC1)CC(N(Cc1ccc(F)cc1)C1CC1)CCO2. The summed E-state index contributed by atoms with van der Waals surface area (Å²) in [5.74, 6) is -0.00269. The molecule has 3 aliphatic rings. The standard InChI is InChI=1S/C21H29FN2O2/c1-16(25)23-11-9-21(10-12-23)14-20(8-13-26-21)24(19-6-7-19)15-17-2-4-18(22)5-3-17/h2-5,19-20H,6-15H2,1H3. The number of benzene rings is 1. The van der Waals surface area contributed by atoms with E-state index >= 15 is 0 Å². The molecule has 26 heavy (non-hydrogen) atoms. The van der Waals surface area contributed by atoms with E-state index in [2.05, 4.69) is 4.90 Å². The molecule has 1 atom stereocenters. The van der Waals surface area contributed by atoms with Gasteiger partial charge in [-0.1, -0.05) is 12.1 Å². The number of hydrogen-bond acceptors (Lipinski definition) is 3. The van der Waals surface area contributed by atoms with Crippen LogP contribution in [0.25, 0.3) is 0 Å². The zero-order valence-corrected chi connectivity index (χ0v) is 15.6. The number of likely N-dealkylation sites (tertiary alicyclic amines) is 1. The molecule has 1 aromatic rings. The number of rotatable bonds is 4. The summed E-state index contributed by atoms with van der Waals surface area (Å²) in [6.45, 7) is 4.97. The molecule has 4 rings (SSSR count). The van der Waals surface area contributed by atoms with Crippen molar-refractivity contribution in [3.8, 4) is 0 Å². The minimum absolute atomic E-state index is 0.0647. The van der Waals surface area contributed by atoms with Crippen LogP contribution in [0.4, 0.5) is 4.39 Å². The quantitative estimate of drug-likeness (QED) is 0.825. The highest BCUT2D eigenvalue weighted by atomic mass is 19.1. The number of hydrogen-bond donors (Lipinski definition) is 0. The second-order valence-corrected chi connectivity index (χ2v) is 8.21. The van der Waals surface area contributed by atoms with Crippen molar-refractivity contribution >= 4 is 5.91 Å². The van der Waals surface area contributed by atoms with Crippen molar-refractivity contribution in [2.75, 3.05) is 19.7 Å². The first kappa shape index (κ1) is 17.9. The first-order valence-electron chi connectivity index (χ1n) is 9.94. The van der Waals surface area contributed by atoms with Gasteiger partial charge in [0.05, 0.1) is 5.60 Å². The van der Waals surface area contributed by atoms with Crippen molar-refractivity contribution in [2.45, 2.75) is 69.7 Å². The third-order valence-electron chi connectivity index (χ3n) is 6.35. The van der Waals surface area contributed by atoms with Crippen LogP contribution in [0, 0.1) is 5.82 Å². The number of ether oxygens (including phenoxy) is 1. The highest BCUT2D eigenvalue weighted by Crippen LogP contribution is 2.40. The zero-order valence-electron chi connectivity index (χ0n) is 15.6. The van der Waals surface area contributed by atoms with Gasteiger partial charge in [-0.2, -0.15) is 0 Å². The van der Waals surface area contributed by atoms with Gasteiger partial charge < -0.3 is 9.64 Å².